The molecule has 2 N–H and O–H groups in total. The van der Waals surface area contributed by atoms with Crippen LogP contribution in [-0.4, -0.2) is 55.9 Å². The van der Waals surface area contributed by atoms with Gasteiger partial charge in [-0.2, -0.15) is 0 Å². The molecule has 1 fully saturated rings. The Morgan fingerprint density at radius 1 is 1.67 bits per heavy atom. The monoisotopic (exact) mass is 216 g/mol. The van der Waals surface area contributed by atoms with Gasteiger partial charge in [0.15, 0.2) is 0 Å². The molecule has 15 heavy (non-hydrogen) atoms. The first-order valence-electron chi connectivity index (χ1n) is 5.14. The predicted octanol–water partition coefficient (Wildman–Crippen LogP) is -0.402. The molecule has 0 aromatic carbocycles. The van der Waals surface area contributed by atoms with E-state index in [9.17, 15) is 4.79 Å². The fraction of sp³-hybridized carbons (Fsp3) is 0.900. The molecule has 0 aromatic rings. The highest BCUT2D eigenvalue weighted by Crippen LogP contribution is 2.10. The average Bonchev–Trinajstić information content (AvgIpc) is 2.16. The zero-order valence-corrected chi connectivity index (χ0v) is 9.66. The largest absolute Gasteiger partial charge is 0.382 e. The molecule has 1 heterocycles. The standard InChI is InChI=1S/C10H20N2O3/c1-10(2,11)9(13)12-4-5-15-8(6-12)7-14-3/h8H,4-7,11H2,1-3H3. The van der Waals surface area contributed by atoms with Crippen molar-refractivity contribution in [1.29, 1.82) is 0 Å². The van der Waals surface area contributed by atoms with Gasteiger partial charge in [0, 0.05) is 20.2 Å². The lowest BCUT2D eigenvalue weighted by Gasteiger charge is -2.36. The molecular weight excluding hydrogens is 196 g/mol. The molecule has 1 amide bonds. The van der Waals surface area contributed by atoms with Gasteiger partial charge in [-0.15, -0.1) is 0 Å². The third-order valence-corrected chi connectivity index (χ3v) is 2.33. The highest BCUT2D eigenvalue weighted by molar-refractivity contribution is 5.85. The maximum atomic E-state index is 11.9. The van der Waals surface area contributed by atoms with E-state index >= 15 is 0 Å². The molecule has 0 radical (unpaired) electrons. The van der Waals surface area contributed by atoms with Gasteiger partial charge in [0.25, 0.3) is 0 Å². The SMILES string of the molecule is COCC1CN(C(=O)C(C)(C)N)CCO1. The summed E-state index contributed by atoms with van der Waals surface area (Å²) in [6.07, 6.45) is -0.0324. The minimum absolute atomic E-state index is 0.0324. The molecule has 5 nitrogen and oxygen atoms in total. The number of carbonyl (C=O) groups excluding carboxylic acids is 1. The molecule has 1 atom stereocenters. The second kappa shape index (κ2) is 4.92. The second-order valence-electron chi connectivity index (χ2n) is 4.42. The first-order chi connectivity index (χ1) is 6.95. The number of methoxy groups -OCH3 is 1. The number of ether oxygens (including phenoxy) is 2. The van der Waals surface area contributed by atoms with Gasteiger partial charge in [-0.3, -0.25) is 4.79 Å². The Balaban J connectivity index is 2.52. The Morgan fingerprint density at radius 2 is 2.33 bits per heavy atom. The highest BCUT2D eigenvalue weighted by atomic mass is 16.5. The fourth-order valence-electron chi connectivity index (χ4n) is 1.60. The summed E-state index contributed by atoms with van der Waals surface area (Å²) in [5, 5.41) is 0. The molecule has 1 aliphatic rings. The number of carbonyl (C=O) groups is 1. The van der Waals surface area contributed by atoms with Gasteiger partial charge in [-0.05, 0) is 13.8 Å². The van der Waals surface area contributed by atoms with Gasteiger partial charge in [0.05, 0.1) is 24.9 Å². The molecular formula is C10H20N2O3. The van der Waals surface area contributed by atoms with Crippen molar-refractivity contribution in [2.45, 2.75) is 25.5 Å². The number of hydrogen-bond acceptors (Lipinski definition) is 4. The summed E-state index contributed by atoms with van der Waals surface area (Å²) >= 11 is 0. The average molecular weight is 216 g/mol. The van der Waals surface area contributed by atoms with Crippen LogP contribution in [0.15, 0.2) is 0 Å². The second-order valence-corrected chi connectivity index (χ2v) is 4.42. The van der Waals surface area contributed by atoms with Crippen LogP contribution in [0.2, 0.25) is 0 Å². The smallest absolute Gasteiger partial charge is 0.242 e. The van der Waals surface area contributed by atoms with Crippen molar-refractivity contribution in [3.8, 4) is 0 Å². The lowest BCUT2D eigenvalue weighted by Crippen LogP contribution is -2.56. The van der Waals surface area contributed by atoms with Crippen LogP contribution in [0, 0.1) is 0 Å². The third kappa shape index (κ3) is 3.44. The van der Waals surface area contributed by atoms with E-state index in [0.29, 0.717) is 26.3 Å². The Bertz CT molecular complexity index is 223. The van der Waals surface area contributed by atoms with Crippen molar-refractivity contribution >= 4 is 5.91 Å². The van der Waals surface area contributed by atoms with Gasteiger partial charge < -0.3 is 20.1 Å². The maximum Gasteiger partial charge on any atom is 0.242 e. The van der Waals surface area contributed by atoms with Gasteiger partial charge in [0.1, 0.15) is 0 Å². The van der Waals surface area contributed by atoms with Crippen molar-refractivity contribution in [2.75, 3.05) is 33.4 Å². The molecule has 5 heteroatoms. The molecule has 0 saturated carbocycles. The quantitative estimate of drug-likeness (QED) is 0.697. The van der Waals surface area contributed by atoms with E-state index in [1.165, 1.54) is 0 Å². The highest BCUT2D eigenvalue weighted by Gasteiger charge is 2.31. The molecule has 0 bridgehead atoms. The number of hydrogen-bond donors (Lipinski definition) is 1. The molecule has 0 aromatic heterocycles. The molecule has 0 aliphatic carbocycles. The van der Waals surface area contributed by atoms with Crippen LogP contribution >= 0.6 is 0 Å². The van der Waals surface area contributed by atoms with E-state index in [1.807, 2.05) is 0 Å². The van der Waals surface area contributed by atoms with Crippen LogP contribution in [0.4, 0.5) is 0 Å². The zero-order chi connectivity index (χ0) is 11.5. The Hall–Kier alpha value is -0.650. The molecule has 1 unspecified atom stereocenters. The number of morpholine rings is 1. The Labute approximate surface area is 90.5 Å². The van der Waals surface area contributed by atoms with E-state index in [-0.39, 0.29) is 12.0 Å². The topological polar surface area (TPSA) is 64.8 Å². The maximum absolute atomic E-state index is 11.9. The van der Waals surface area contributed by atoms with Gasteiger partial charge in [0.2, 0.25) is 5.91 Å². The normalized spacial score (nSPS) is 22.9. The van der Waals surface area contributed by atoms with E-state index < -0.39 is 5.54 Å². The zero-order valence-electron chi connectivity index (χ0n) is 9.66. The summed E-state index contributed by atoms with van der Waals surface area (Å²) < 4.78 is 10.5. The van der Waals surface area contributed by atoms with Crippen LogP contribution in [-0.2, 0) is 14.3 Å². The lowest BCUT2D eigenvalue weighted by atomic mass is 10.0. The minimum atomic E-state index is -0.811. The first-order valence-corrected chi connectivity index (χ1v) is 5.14. The minimum Gasteiger partial charge on any atom is -0.382 e. The van der Waals surface area contributed by atoms with Gasteiger partial charge >= 0.3 is 0 Å². The fourth-order valence-corrected chi connectivity index (χ4v) is 1.60. The summed E-state index contributed by atoms with van der Waals surface area (Å²) in [6, 6.07) is 0. The van der Waals surface area contributed by atoms with Crippen LogP contribution in [0.1, 0.15) is 13.8 Å². The van der Waals surface area contributed by atoms with Crippen molar-refractivity contribution in [1.82, 2.24) is 4.90 Å². The summed E-state index contributed by atoms with van der Waals surface area (Å²) in [6.45, 7) is 5.67. The molecule has 88 valence electrons. The van der Waals surface area contributed by atoms with Crippen molar-refractivity contribution < 1.29 is 14.3 Å². The van der Waals surface area contributed by atoms with Crippen LogP contribution < -0.4 is 5.73 Å². The van der Waals surface area contributed by atoms with Gasteiger partial charge in [-0.1, -0.05) is 0 Å². The van der Waals surface area contributed by atoms with Crippen molar-refractivity contribution in [3.05, 3.63) is 0 Å². The number of amides is 1. The summed E-state index contributed by atoms with van der Waals surface area (Å²) in [5.74, 6) is -0.0353. The number of rotatable bonds is 3. The summed E-state index contributed by atoms with van der Waals surface area (Å²) in [4.78, 5) is 13.6. The first kappa shape index (κ1) is 12.4. The number of nitrogens with zero attached hydrogens (tertiary/aromatic N) is 1. The van der Waals surface area contributed by atoms with E-state index in [0.717, 1.165) is 0 Å². The third-order valence-electron chi connectivity index (χ3n) is 2.33. The predicted molar refractivity (Wildman–Crippen MR) is 56.5 cm³/mol. The van der Waals surface area contributed by atoms with Crippen LogP contribution in [0.5, 0.6) is 0 Å². The molecule has 1 saturated heterocycles. The molecule has 0 spiro atoms. The number of nitrogens with two attached hydrogens (primary N) is 1. The van der Waals surface area contributed by atoms with Crippen molar-refractivity contribution in [3.63, 3.8) is 0 Å². The lowest BCUT2D eigenvalue weighted by molar-refractivity contribution is -0.145. The van der Waals surface area contributed by atoms with Crippen LogP contribution in [0.25, 0.3) is 0 Å². The Kier molecular flexibility index (Phi) is 4.07. The Morgan fingerprint density at radius 3 is 2.87 bits per heavy atom. The van der Waals surface area contributed by atoms with E-state index in [4.69, 9.17) is 15.2 Å². The van der Waals surface area contributed by atoms with E-state index in [2.05, 4.69) is 0 Å². The summed E-state index contributed by atoms with van der Waals surface area (Å²) in [7, 11) is 1.62. The molecule has 1 aliphatic heterocycles. The van der Waals surface area contributed by atoms with Crippen LogP contribution in [0.3, 0.4) is 0 Å². The summed E-state index contributed by atoms with van der Waals surface area (Å²) in [5.41, 5.74) is 4.96. The van der Waals surface area contributed by atoms with Crippen molar-refractivity contribution in [2.24, 2.45) is 5.73 Å². The van der Waals surface area contributed by atoms with Gasteiger partial charge in [-0.25, -0.2) is 0 Å². The van der Waals surface area contributed by atoms with E-state index in [1.54, 1.807) is 25.9 Å². The molecule has 1 rings (SSSR count).